The van der Waals surface area contributed by atoms with E-state index in [1.165, 1.54) is 31.3 Å². The van der Waals surface area contributed by atoms with Gasteiger partial charge in [-0.15, -0.1) is 0 Å². The second-order valence-electron chi connectivity index (χ2n) is 4.18. The minimum Gasteiger partial charge on any atom is -0.371 e. The first-order valence-corrected chi connectivity index (χ1v) is 5.55. The van der Waals surface area contributed by atoms with Gasteiger partial charge in [-0.05, 0) is 26.7 Å². The van der Waals surface area contributed by atoms with Gasteiger partial charge in [0.25, 0.3) is 0 Å². The van der Waals surface area contributed by atoms with Crippen molar-refractivity contribution in [1.29, 1.82) is 0 Å². The number of unbranched alkanes of at least 4 members (excludes halogenated alkanes) is 2. The molecule has 0 saturated heterocycles. The number of ether oxygens (including phenoxy) is 1. The average Bonchev–Trinajstić information content (AvgIpc) is 2.03. The molecule has 0 bridgehead atoms. The largest absolute Gasteiger partial charge is 0.371 e. The molecule has 0 aromatic heterocycles. The molecule has 0 radical (unpaired) electrons. The lowest BCUT2D eigenvalue weighted by Crippen LogP contribution is -2.23. The molecule has 76 valence electrons. The molecule has 1 aliphatic rings. The highest BCUT2D eigenvalue weighted by Crippen LogP contribution is 2.22. The minimum atomic E-state index is 0.334. The molecular weight excluding hydrogens is 160 g/mol. The van der Waals surface area contributed by atoms with Gasteiger partial charge in [0, 0.05) is 0 Å². The second kappa shape index (κ2) is 5.43. The Morgan fingerprint density at radius 1 is 1.46 bits per heavy atom. The molecule has 0 aromatic rings. The standard InChI is InChI=1S/C12H22O/c1-4-5-6-7-12-9-10(2)8-11(3)13-12/h8,11-12H,4-7,9H2,1-3H3/t11-,12-/m1/s1. The maximum Gasteiger partial charge on any atom is 0.0734 e. The van der Waals surface area contributed by atoms with Crippen LogP contribution in [0.1, 0.15) is 52.9 Å². The van der Waals surface area contributed by atoms with Crippen LogP contribution in [0.4, 0.5) is 0 Å². The Balaban J connectivity index is 2.24. The molecule has 0 amide bonds. The fraction of sp³-hybridized carbons (Fsp3) is 0.833. The second-order valence-corrected chi connectivity index (χ2v) is 4.18. The SMILES string of the molecule is CCCCC[C@@H]1CC(C)=C[C@@H](C)O1. The van der Waals surface area contributed by atoms with Gasteiger partial charge in [-0.2, -0.15) is 0 Å². The molecule has 0 aromatic carbocycles. The van der Waals surface area contributed by atoms with Gasteiger partial charge >= 0.3 is 0 Å². The van der Waals surface area contributed by atoms with E-state index in [2.05, 4.69) is 26.8 Å². The number of rotatable bonds is 4. The molecule has 0 fully saturated rings. The summed E-state index contributed by atoms with van der Waals surface area (Å²) in [7, 11) is 0. The molecule has 0 unspecified atom stereocenters. The van der Waals surface area contributed by atoms with Gasteiger partial charge in [-0.25, -0.2) is 0 Å². The van der Waals surface area contributed by atoms with Crippen molar-refractivity contribution in [1.82, 2.24) is 0 Å². The summed E-state index contributed by atoms with van der Waals surface area (Å²) < 4.78 is 5.83. The van der Waals surface area contributed by atoms with Crippen molar-refractivity contribution in [2.24, 2.45) is 0 Å². The lowest BCUT2D eigenvalue weighted by Gasteiger charge is -2.26. The maximum absolute atomic E-state index is 5.83. The van der Waals surface area contributed by atoms with Gasteiger partial charge in [0.2, 0.25) is 0 Å². The highest BCUT2D eigenvalue weighted by molar-refractivity contribution is 5.06. The highest BCUT2D eigenvalue weighted by atomic mass is 16.5. The summed E-state index contributed by atoms with van der Waals surface area (Å²) in [6, 6.07) is 0. The van der Waals surface area contributed by atoms with E-state index in [0.717, 1.165) is 6.42 Å². The predicted octanol–water partition coefficient (Wildman–Crippen LogP) is 3.69. The Kier molecular flexibility index (Phi) is 4.51. The summed E-state index contributed by atoms with van der Waals surface area (Å²) in [6.45, 7) is 6.59. The Morgan fingerprint density at radius 3 is 2.85 bits per heavy atom. The maximum atomic E-state index is 5.83. The van der Waals surface area contributed by atoms with E-state index in [1.54, 1.807) is 0 Å². The smallest absolute Gasteiger partial charge is 0.0734 e. The van der Waals surface area contributed by atoms with Gasteiger partial charge in [-0.3, -0.25) is 0 Å². The van der Waals surface area contributed by atoms with Crippen molar-refractivity contribution < 1.29 is 4.74 Å². The lowest BCUT2D eigenvalue weighted by atomic mass is 10.00. The first-order chi connectivity index (χ1) is 6.22. The van der Waals surface area contributed by atoms with Gasteiger partial charge in [0.15, 0.2) is 0 Å². The fourth-order valence-electron chi connectivity index (χ4n) is 2.01. The van der Waals surface area contributed by atoms with E-state index in [4.69, 9.17) is 4.74 Å². The molecule has 0 aliphatic carbocycles. The van der Waals surface area contributed by atoms with Crippen LogP contribution in [0.5, 0.6) is 0 Å². The van der Waals surface area contributed by atoms with Crippen LogP contribution in [-0.4, -0.2) is 12.2 Å². The molecule has 0 saturated carbocycles. The topological polar surface area (TPSA) is 9.23 Å². The van der Waals surface area contributed by atoms with Crippen LogP contribution in [-0.2, 0) is 4.74 Å². The van der Waals surface area contributed by atoms with E-state index < -0.39 is 0 Å². The van der Waals surface area contributed by atoms with Crippen LogP contribution in [0.15, 0.2) is 11.6 Å². The van der Waals surface area contributed by atoms with Crippen LogP contribution in [0.3, 0.4) is 0 Å². The molecule has 1 aliphatic heterocycles. The van der Waals surface area contributed by atoms with Crippen molar-refractivity contribution in [2.45, 2.75) is 65.1 Å². The van der Waals surface area contributed by atoms with E-state index in [0.29, 0.717) is 12.2 Å². The van der Waals surface area contributed by atoms with Crippen LogP contribution in [0.25, 0.3) is 0 Å². The van der Waals surface area contributed by atoms with E-state index >= 15 is 0 Å². The normalized spacial score (nSPS) is 28.7. The molecular formula is C12H22O. The molecule has 2 atom stereocenters. The van der Waals surface area contributed by atoms with Crippen molar-refractivity contribution in [2.75, 3.05) is 0 Å². The Labute approximate surface area is 82.2 Å². The van der Waals surface area contributed by atoms with Gasteiger partial charge < -0.3 is 4.74 Å². The highest BCUT2D eigenvalue weighted by Gasteiger charge is 2.17. The first-order valence-electron chi connectivity index (χ1n) is 5.55. The lowest BCUT2D eigenvalue weighted by molar-refractivity contribution is 0.00660. The van der Waals surface area contributed by atoms with Crippen LogP contribution in [0.2, 0.25) is 0 Å². The Hall–Kier alpha value is -0.300. The van der Waals surface area contributed by atoms with Crippen LogP contribution < -0.4 is 0 Å². The predicted molar refractivity (Wildman–Crippen MR) is 56.9 cm³/mol. The zero-order chi connectivity index (χ0) is 9.68. The summed E-state index contributed by atoms with van der Waals surface area (Å²) in [5.74, 6) is 0. The summed E-state index contributed by atoms with van der Waals surface area (Å²) >= 11 is 0. The summed E-state index contributed by atoms with van der Waals surface area (Å²) in [5.41, 5.74) is 1.50. The zero-order valence-corrected chi connectivity index (χ0v) is 9.18. The summed E-state index contributed by atoms with van der Waals surface area (Å²) in [5, 5.41) is 0. The van der Waals surface area contributed by atoms with E-state index in [9.17, 15) is 0 Å². The van der Waals surface area contributed by atoms with Crippen molar-refractivity contribution in [3.8, 4) is 0 Å². The van der Waals surface area contributed by atoms with Gasteiger partial charge in [-0.1, -0.05) is 37.8 Å². The third-order valence-electron chi connectivity index (χ3n) is 2.61. The summed E-state index contributed by atoms with van der Waals surface area (Å²) in [6.07, 6.45) is 9.41. The van der Waals surface area contributed by atoms with Gasteiger partial charge in [0.1, 0.15) is 0 Å². The third kappa shape index (κ3) is 3.95. The van der Waals surface area contributed by atoms with Crippen LogP contribution >= 0.6 is 0 Å². The van der Waals surface area contributed by atoms with E-state index in [1.807, 2.05) is 0 Å². The van der Waals surface area contributed by atoms with Crippen molar-refractivity contribution >= 4 is 0 Å². The van der Waals surface area contributed by atoms with E-state index in [-0.39, 0.29) is 0 Å². The average molecular weight is 182 g/mol. The Bertz CT molecular complexity index is 172. The molecule has 1 nitrogen and oxygen atoms in total. The minimum absolute atomic E-state index is 0.334. The van der Waals surface area contributed by atoms with Crippen molar-refractivity contribution in [3.63, 3.8) is 0 Å². The van der Waals surface area contributed by atoms with Crippen molar-refractivity contribution in [3.05, 3.63) is 11.6 Å². The number of hydrogen-bond donors (Lipinski definition) is 0. The molecule has 1 heteroatoms. The van der Waals surface area contributed by atoms with Crippen LogP contribution in [0, 0.1) is 0 Å². The first kappa shape index (κ1) is 10.8. The quantitative estimate of drug-likeness (QED) is 0.476. The molecule has 0 N–H and O–H groups in total. The number of hydrogen-bond acceptors (Lipinski definition) is 1. The zero-order valence-electron chi connectivity index (χ0n) is 9.18. The molecule has 0 spiro atoms. The molecule has 1 rings (SSSR count). The third-order valence-corrected chi connectivity index (χ3v) is 2.61. The molecule has 13 heavy (non-hydrogen) atoms. The monoisotopic (exact) mass is 182 g/mol. The van der Waals surface area contributed by atoms with Gasteiger partial charge in [0.05, 0.1) is 12.2 Å². The Morgan fingerprint density at radius 2 is 2.23 bits per heavy atom. The molecule has 1 heterocycles. The summed E-state index contributed by atoms with van der Waals surface area (Å²) in [4.78, 5) is 0. The fourth-order valence-corrected chi connectivity index (χ4v) is 2.01.